The lowest BCUT2D eigenvalue weighted by atomic mass is 9.84. The molecule has 2 rings (SSSR count). The zero-order chi connectivity index (χ0) is 13.3. The minimum Gasteiger partial charge on any atom is -0.342 e. The summed E-state index contributed by atoms with van der Waals surface area (Å²) in [5.74, 6) is 0.846. The largest absolute Gasteiger partial charge is 0.342 e. The van der Waals surface area contributed by atoms with Gasteiger partial charge in [0.25, 0.3) is 0 Å². The van der Waals surface area contributed by atoms with Gasteiger partial charge >= 0.3 is 0 Å². The summed E-state index contributed by atoms with van der Waals surface area (Å²) in [5.41, 5.74) is 3.00. The molecule has 1 aromatic rings. The summed E-state index contributed by atoms with van der Waals surface area (Å²) in [5, 5.41) is 0. The molecule has 2 heteroatoms. The Bertz CT molecular complexity index is 439. The molecule has 1 heterocycles. The van der Waals surface area contributed by atoms with Crippen molar-refractivity contribution in [3.63, 3.8) is 0 Å². The SMILES string of the molecule is CC(=O)N1CC(Cc2cccc(C(C)(C)C)c2)C1. The van der Waals surface area contributed by atoms with Crippen LogP contribution in [0.2, 0.25) is 0 Å². The van der Waals surface area contributed by atoms with Crippen LogP contribution in [0.4, 0.5) is 0 Å². The minimum absolute atomic E-state index is 0.203. The maximum absolute atomic E-state index is 11.1. The third-order valence-corrected chi connectivity index (χ3v) is 3.72. The molecule has 0 aliphatic carbocycles. The van der Waals surface area contributed by atoms with Gasteiger partial charge in [0.1, 0.15) is 0 Å². The maximum atomic E-state index is 11.1. The molecule has 0 atom stereocenters. The number of rotatable bonds is 2. The van der Waals surface area contributed by atoms with Crippen LogP contribution in [0.25, 0.3) is 0 Å². The standard InChI is InChI=1S/C16H23NO/c1-12(18)17-10-14(11-17)8-13-6-5-7-15(9-13)16(2,3)4/h5-7,9,14H,8,10-11H2,1-4H3. The van der Waals surface area contributed by atoms with E-state index in [4.69, 9.17) is 0 Å². The van der Waals surface area contributed by atoms with E-state index in [0.717, 1.165) is 19.5 Å². The highest BCUT2D eigenvalue weighted by Gasteiger charge is 2.28. The van der Waals surface area contributed by atoms with Crippen LogP contribution in [-0.2, 0) is 16.6 Å². The van der Waals surface area contributed by atoms with Crippen LogP contribution < -0.4 is 0 Å². The first-order valence-electron chi connectivity index (χ1n) is 6.71. The van der Waals surface area contributed by atoms with E-state index in [-0.39, 0.29) is 11.3 Å². The van der Waals surface area contributed by atoms with Gasteiger partial charge in [-0.2, -0.15) is 0 Å². The molecule has 0 aromatic heterocycles. The van der Waals surface area contributed by atoms with Crippen molar-refractivity contribution in [3.05, 3.63) is 35.4 Å². The molecule has 2 nitrogen and oxygen atoms in total. The number of hydrogen-bond donors (Lipinski definition) is 0. The van der Waals surface area contributed by atoms with Crippen LogP contribution in [0.1, 0.15) is 38.8 Å². The lowest BCUT2D eigenvalue weighted by Crippen LogP contribution is -2.49. The summed E-state index contributed by atoms with van der Waals surface area (Å²) < 4.78 is 0. The van der Waals surface area contributed by atoms with E-state index in [1.54, 1.807) is 6.92 Å². The Labute approximate surface area is 110 Å². The van der Waals surface area contributed by atoms with Crippen molar-refractivity contribution < 1.29 is 4.79 Å². The van der Waals surface area contributed by atoms with Gasteiger partial charge in [-0.15, -0.1) is 0 Å². The van der Waals surface area contributed by atoms with E-state index in [1.165, 1.54) is 11.1 Å². The van der Waals surface area contributed by atoms with Gasteiger partial charge in [0, 0.05) is 20.0 Å². The summed E-state index contributed by atoms with van der Waals surface area (Å²) in [6.45, 7) is 10.2. The van der Waals surface area contributed by atoms with Gasteiger partial charge in [-0.25, -0.2) is 0 Å². The Morgan fingerprint density at radius 1 is 1.33 bits per heavy atom. The number of carbonyl (C=O) groups excluding carboxylic acids is 1. The van der Waals surface area contributed by atoms with Crippen molar-refractivity contribution >= 4 is 5.91 Å². The van der Waals surface area contributed by atoms with Crippen molar-refractivity contribution in [2.24, 2.45) is 5.92 Å². The highest BCUT2D eigenvalue weighted by molar-refractivity contribution is 5.74. The maximum Gasteiger partial charge on any atom is 0.219 e. The van der Waals surface area contributed by atoms with E-state index in [9.17, 15) is 4.79 Å². The van der Waals surface area contributed by atoms with Gasteiger partial charge in [-0.1, -0.05) is 45.0 Å². The number of nitrogens with zero attached hydrogens (tertiary/aromatic N) is 1. The van der Waals surface area contributed by atoms with Crippen LogP contribution in [0.5, 0.6) is 0 Å². The van der Waals surface area contributed by atoms with Crippen LogP contribution in [-0.4, -0.2) is 23.9 Å². The number of benzene rings is 1. The molecule has 0 bridgehead atoms. The Balaban J connectivity index is 1.97. The molecule has 1 fully saturated rings. The van der Waals surface area contributed by atoms with E-state index >= 15 is 0 Å². The molecule has 98 valence electrons. The van der Waals surface area contributed by atoms with E-state index in [0.29, 0.717) is 5.92 Å². The van der Waals surface area contributed by atoms with Gasteiger partial charge in [0.05, 0.1) is 0 Å². The summed E-state index contributed by atoms with van der Waals surface area (Å²) in [6, 6.07) is 8.87. The average Bonchev–Trinajstić information content (AvgIpc) is 2.21. The van der Waals surface area contributed by atoms with Gasteiger partial charge in [0.2, 0.25) is 5.91 Å². The van der Waals surface area contributed by atoms with Crippen molar-refractivity contribution in [2.75, 3.05) is 13.1 Å². The van der Waals surface area contributed by atoms with Crippen LogP contribution in [0.15, 0.2) is 24.3 Å². The molecule has 18 heavy (non-hydrogen) atoms. The van der Waals surface area contributed by atoms with Crippen molar-refractivity contribution in [3.8, 4) is 0 Å². The Morgan fingerprint density at radius 3 is 2.56 bits per heavy atom. The van der Waals surface area contributed by atoms with Gasteiger partial charge in [-0.3, -0.25) is 4.79 Å². The summed E-state index contributed by atoms with van der Waals surface area (Å²) >= 11 is 0. The first-order chi connectivity index (χ1) is 8.36. The summed E-state index contributed by atoms with van der Waals surface area (Å²) in [6.07, 6.45) is 1.09. The first kappa shape index (κ1) is 13.1. The number of likely N-dealkylation sites (tertiary alicyclic amines) is 1. The zero-order valence-corrected chi connectivity index (χ0v) is 11.9. The van der Waals surface area contributed by atoms with E-state index < -0.39 is 0 Å². The minimum atomic E-state index is 0.203. The highest BCUT2D eigenvalue weighted by Crippen LogP contribution is 2.25. The van der Waals surface area contributed by atoms with Crippen LogP contribution in [0.3, 0.4) is 0 Å². The molecule has 0 radical (unpaired) electrons. The Kier molecular flexibility index (Phi) is 3.47. The predicted octanol–water partition coefficient (Wildman–Crippen LogP) is 3.00. The number of hydrogen-bond acceptors (Lipinski definition) is 1. The summed E-state index contributed by atoms with van der Waals surface area (Å²) in [7, 11) is 0. The van der Waals surface area contributed by atoms with Crippen LogP contribution >= 0.6 is 0 Å². The molecule has 1 aliphatic rings. The van der Waals surface area contributed by atoms with Gasteiger partial charge in [0.15, 0.2) is 0 Å². The number of amides is 1. The Morgan fingerprint density at radius 2 is 2.00 bits per heavy atom. The molecule has 1 aromatic carbocycles. The Hall–Kier alpha value is -1.31. The lowest BCUT2D eigenvalue weighted by molar-refractivity contribution is -0.134. The molecule has 1 amide bonds. The molecule has 1 saturated heterocycles. The first-order valence-corrected chi connectivity index (χ1v) is 6.71. The highest BCUT2D eigenvalue weighted by atomic mass is 16.2. The van der Waals surface area contributed by atoms with Gasteiger partial charge in [-0.05, 0) is 28.9 Å². The van der Waals surface area contributed by atoms with E-state index in [2.05, 4.69) is 45.0 Å². The molecular formula is C16H23NO. The van der Waals surface area contributed by atoms with Crippen molar-refractivity contribution in [1.82, 2.24) is 4.90 Å². The second-order valence-electron chi connectivity index (χ2n) is 6.44. The number of carbonyl (C=O) groups is 1. The zero-order valence-electron chi connectivity index (χ0n) is 11.9. The molecule has 0 saturated carbocycles. The smallest absolute Gasteiger partial charge is 0.219 e. The summed E-state index contributed by atoms with van der Waals surface area (Å²) in [4.78, 5) is 13.1. The fourth-order valence-electron chi connectivity index (χ4n) is 2.45. The fourth-order valence-corrected chi connectivity index (χ4v) is 2.45. The topological polar surface area (TPSA) is 20.3 Å². The molecule has 0 spiro atoms. The van der Waals surface area contributed by atoms with Crippen molar-refractivity contribution in [2.45, 2.75) is 39.5 Å². The van der Waals surface area contributed by atoms with E-state index in [1.807, 2.05) is 4.90 Å². The molecule has 0 unspecified atom stereocenters. The monoisotopic (exact) mass is 245 g/mol. The molecule has 1 aliphatic heterocycles. The molecule has 0 N–H and O–H groups in total. The predicted molar refractivity (Wildman–Crippen MR) is 74.6 cm³/mol. The third kappa shape index (κ3) is 2.92. The quantitative estimate of drug-likeness (QED) is 0.784. The third-order valence-electron chi connectivity index (χ3n) is 3.72. The average molecular weight is 245 g/mol. The molecular weight excluding hydrogens is 222 g/mol. The second-order valence-corrected chi connectivity index (χ2v) is 6.44. The van der Waals surface area contributed by atoms with Crippen molar-refractivity contribution in [1.29, 1.82) is 0 Å². The van der Waals surface area contributed by atoms with Crippen LogP contribution in [0, 0.1) is 5.92 Å². The normalized spacial score (nSPS) is 16.6. The fraction of sp³-hybridized carbons (Fsp3) is 0.562. The van der Waals surface area contributed by atoms with Gasteiger partial charge < -0.3 is 4.90 Å². The second kappa shape index (κ2) is 4.75. The lowest BCUT2D eigenvalue weighted by Gasteiger charge is -2.39.